The van der Waals surface area contributed by atoms with Gasteiger partial charge in [0.05, 0.1) is 5.51 Å². The number of hydrogen-bond acceptors (Lipinski definition) is 4. The zero-order valence-electron chi connectivity index (χ0n) is 8.48. The average Bonchev–Trinajstić information content (AvgIpc) is 2.74. The molecule has 2 unspecified atom stereocenters. The Bertz CT molecular complexity index is 325. The van der Waals surface area contributed by atoms with Crippen LogP contribution in [0.1, 0.15) is 36.2 Å². The van der Waals surface area contributed by atoms with Gasteiger partial charge in [0, 0.05) is 17.5 Å². The lowest BCUT2D eigenvalue weighted by atomic mass is 9.91. The summed E-state index contributed by atoms with van der Waals surface area (Å²) in [4.78, 5) is 15.7. The number of aromatic nitrogens is 1. The summed E-state index contributed by atoms with van der Waals surface area (Å²) in [6.07, 6.45) is 4.30. The van der Waals surface area contributed by atoms with Crippen LogP contribution in [0.15, 0.2) is 10.9 Å². The largest absolute Gasteiger partial charge is 0.346 e. The molecular weight excluding hydrogens is 210 g/mol. The van der Waals surface area contributed by atoms with Crippen molar-refractivity contribution in [3.05, 3.63) is 16.6 Å². The Balaban J connectivity index is 1.93. The fourth-order valence-electron chi connectivity index (χ4n) is 1.91. The second-order valence-electron chi connectivity index (χ2n) is 3.90. The molecule has 2 rings (SSSR count). The van der Waals surface area contributed by atoms with Crippen molar-refractivity contribution in [3.8, 4) is 0 Å². The summed E-state index contributed by atoms with van der Waals surface area (Å²) in [5.41, 5.74) is 8.11. The molecule has 1 heterocycles. The first-order valence-corrected chi connectivity index (χ1v) is 6.16. The minimum Gasteiger partial charge on any atom is -0.346 e. The van der Waals surface area contributed by atoms with Crippen molar-refractivity contribution in [2.24, 2.45) is 5.73 Å². The van der Waals surface area contributed by atoms with Gasteiger partial charge >= 0.3 is 0 Å². The summed E-state index contributed by atoms with van der Waals surface area (Å²) in [6, 6.07) is 0.217. The smallest absolute Gasteiger partial charge is 0.271 e. The first-order valence-electron chi connectivity index (χ1n) is 5.22. The Morgan fingerprint density at radius 3 is 3.00 bits per heavy atom. The minimum atomic E-state index is -0.0985. The number of nitrogens with zero attached hydrogens (tertiary/aromatic N) is 1. The zero-order valence-corrected chi connectivity index (χ0v) is 9.30. The molecule has 0 aliphatic heterocycles. The molecule has 1 fully saturated rings. The Morgan fingerprint density at radius 1 is 1.53 bits per heavy atom. The van der Waals surface area contributed by atoms with Gasteiger partial charge in [0.25, 0.3) is 5.91 Å². The Hall–Kier alpha value is -0.940. The van der Waals surface area contributed by atoms with Gasteiger partial charge in [-0.1, -0.05) is 12.8 Å². The third kappa shape index (κ3) is 2.54. The van der Waals surface area contributed by atoms with Crippen molar-refractivity contribution in [2.45, 2.75) is 37.8 Å². The van der Waals surface area contributed by atoms with Gasteiger partial charge in [-0.05, 0) is 12.8 Å². The minimum absolute atomic E-state index is 0.0985. The topological polar surface area (TPSA) is 68.0 Å². The normalized spacial score (nSPS) is 26.2. The molecular formula is C10H15N3OS. The Morgan fingerprint density at radius 2 is 2.33 bits per heavy atom. The quantitative estimate of drug-likeness (QED) is 0.793. The van der Waals surface area contributed by atoms with E-state index in [-0.39, 0.29) is 18.0 Å². The highest BCUT2D eigenvalue weighted by molar-refractivity contribution is 7.07. The van der Waals surface area contributed by atoms with Crippen LogP contribution in [0.3, 0.4) is 0 Å². The summed E-state index contributed by atoms with van der Waals surface area (Å²) < 4.78 is 0. The van der Waals surface area contributed by atoms with E-state index in [1.165, 1.54) is 17.8 Å². The third-order valence-electron chi connectivity index (χ3n) is 2.80. The van der Waals surface area contributed by atoms with Gasteiger partial charge < -0.3 is 11.1 Å². The summed E-state index contributed by atoms with van der Waals surface area (Å²) in [5, 5.41) is 4.70. The molecule has 1 aliphatic rings. The molecule has 1 aliphatic carbocycles. The molecule has 0 radical (unpaired) electrons. The first-order chi connectivity index (χ1) is 7.27. The highest BCUT2D eigenvalue weighted by Gasteiger charge is 2.23. The second-order valence-corrected chi connectivity index (χ2v) is 4.62. The molecule has 4 nitrogen and oxygen atoms in total. The number of rotatable bonds is 2. The predicted octanol–water partition coefficient (Wildman–Crippen LogP) is 1.14. The molecule has 2 atom stereocenters. The van der Waals surface area contributed by atoms with Crippen LogP contribution in [-0.4, -0.2) is 23.0 Å². The molecule has 0 spiro atoms. The van der Waals surface area contributed by atoms with Crippen LogP contribution in [0.25, 0.3) is 0 Å². The van der Waals surface area contributed by atoms with E-state index in [9.17, 15) is 4.79 Å². The van der Waals surface area contributed by atoms with E-state index in [4.69, 9.17) is 5.73 Å². The van der Waals surface area contributed by atoms with E-state index >= 15 is 0 Å². The fraction of sp³-hybridized carbons (Fsp3) is 0.600. The SMILES string of the molecule is NC1CCCCC1NC(=O)c1cscn1. The van der Waals surface area contributed by atoms with Gasteiger partial charge in [0.15, 0.2) is 0 Å². The molecule has 15 heavy (non-hydrogen) atoms. The summed E-state index contributed by atoms with van der Waals surface area (Å²) >= 11 is 1.43. The van der Waals surface area contributed by atoms with Crippen LogP contribution < -0.4 is 11.1 Å². The number of carbonyl (C=O) groups is 1. The number of thiazole rings is 1. The molecule has 1 aromatic heterocycles. The standard InChI is InChI=1S/C10H15N3OS/c11-7-3-1-2-4-8(7)13-10(14)9-5-15-6-12-9/h5-8H,1-4,11H2,(H,13,14). The number of nitrogens with one attached hydrogen (secondary N) is 1. The van der Waals surface area contributed by atoms with E-state index in [0.717, 1.165) is 19.3 Å². The van der Waals surface area contributed by atoms with Crippen LogP contribution in [0, 0.1) is 0 Å². The van der Waals surface area contributed by atoms with Crippen molar-refractivity contribution in [3.63, 3.8) is 0 Å². The molecule has 0 bridgehead atoms. The fourth-order valence-corrected chi connectivity index (χ4v) is 2.44. The summed E-state index contributed by atoms with van der Waals surface area (Å²) in [5.74, 6) is -0.0985. The van der Waals surface area contributed by atoms with Crippen LogP contribution in [-0.2, 0) is 0 Å². The maximum Gasteiger partial charge on any atom is 0.271 e. The van der Waals surface area contributed by atoms with Gasteiger partial charge in [-0.25, -0.2) is 4.98 Å². The van der Waals surface area contributed by atoms with Crippen molar-refractivity contribution < 1.29 is 4.79 Å². The van der Waals surface area contributed by atoms with Gasteiger partial charge in [0.2, 0.25) is 0 Å². The van der Waals surface area contributed by atoms with Crippen LogP contribution in [0.2, 0.25) is 0 Å². The highest BCUT2D eigenvalue weighted by Crippen LogP contribution is 2.17. The van der Waals surface area contributed by atoms with Crippen LogP contribution in [0.4, 0.5) is 0 Å². The van der Waals surface area contributed by atoms with Gasteiger partial charge in [-0.15, -0.1) is 11.3 Å². The maximum atomic E-state index is 11.7. The maximum absolute atomic E-state index is 11.7. The number of nitrogens with two attached hydrogens (primary N) is 1. The van der Waals surface area contributed by atoms with E-state index in [2.05, 4.69) is 10.3 Å². The van der Waals surface area contributed by atoms with Crippen molar-refractivity contribution in [1.29, 1.82) is 0 Å². The molecule has 0 saturated heterocycles. The van der Waals surface area contributed by atoms with Crippen molar-refractivity contribution in [2.75, 3.05) is 0 Å². The Kier molecular flexibility index (Phi) is 3.33. The predicted molar refractivity (Wildman–Crippen MR) is 59.8 cm³/mol. The number of carbonyl (C=O) groups excluding carboxylic acids is 1. The monoisotopic (exact) mass is 225 g/mol. The third-order valence-corrected chi connectivity index (χ3v) is 3.39. The Labute approximate surface area is 92.9 Å². The molecule has 1 amide bonds. The number of hydrogen-bond donors (Lipinski definition) is 2. The molecule has 3 N–H and O–H groups in total. The first kappa shape index (κ1) is 10.6. The molecule has 0 aromatic carbocycles. The van der Waals surface area contributed by atoms with Gasteiger partial charge in [-0.2, -0.15) is 0 Å². The van der Waals surface area contributed by atoms with Gasteiger partial charge in [-0.3, -0.25) is 4.79 Å². The summed E-state index contributed by atoms with van der Waals surface area (Å²) in [6.45, 7) is 0. The van der Waals surface area contributed by atoms with Crippen LogP contribution in [0.5, 0.6) is 0 Å². The lowest BCUT2D eigenvalue weighted by Crippen LogP contribution is -2.49. The molecule has 5 heteroatoms. The number of amides is 1. The van der Waals surface area contributed by atoms with E-state index < -0.39 is 0 Å². The van der Waals surface area contributed by atoms with Crippen LogP contribution >= 0.6 is 11.3 Å². The highest BCUT2D eigenvalue weighted by atomic mass is 32.1. The molecule has 1 saturated carbocycles. The summed E-state index contributed by atoms with van der Waals surface area (Å²) in [7, 11) is 0. The van der Waals surface area contributed by atoms with E-state index in [1.807, 2.05) is 0 Å². The lowest BCUT2D eigenvalue weighted by molar-refractivity contribution is 0.0917. The van der Waals surface area contributed by atoms with Crippen molar-refractivity contribution in [1.82, 2.24) is 10.3 Å². The van der Waals surface area contributed by atoms with E-state index in [0.29, 0.717) is 5.69 Å². The van der Waals surface area contributed by atoms with Gasteiger partial charge in [0.1, 0.15) is 5.69 Å². The molecule has 82 valence electrons. The second kappa shape index (κ2) is 4.72. The average molecular weight is 225 g/mol. The van der Waals surface area contributed by atoms with Crippen molar-refractivity contribution >= 4 is 17.2 Å². The molecule has 1 aromatic rings. The zero-order chi connectivity index (χ0) is 10.7. The lowest BCUT2D eigenvalue weighted by Gasteiger charge is -2.28. The van der Waals surface area contributed by atoms with E-state index in [1.54, 1.807) is 10.9 Å².